The van der Waals surface area contributed by atoms with Gasteiger partial charge in [-0.2, -0.15) is 0 Å². The van der Waals surface area contributed by atoms with Crippen LogP contribution in [0.15, 0.2) is 0 Å². The van der Waals surface area contributed by atoms with E-state index in [-0.39, 0.29) is 6.42 Å². The lowest BCUT2D eigenvalue weighted by Crippen LogP contribution is -2.42. The van der Waals surface area contributed by atoms with E-state index in [9.17, 15) is 9.59 Å². The molecule has 1 atom stereocenters. The van der Waals surface area contributed by atoms with Crippen LogP contribution in [0.2, 0.25) is 0 Å². The van der Waals surface area contributed by atoms with Crippen molar-refractivity contribution >= 4 is 11.9 Å². The van der Waals surface area contributed by atoms with Gasteiger partial charge >= 0.3 is 5.97 Å². The minimum absolute atomic E-state index is 0.321. The molecule has 0 aliphatic rings. The Kier molecular flexibility index (Phi) is 5.88. The quantitative estimate of drug-likeness (QED) is 0.499. The summed E-state index contributed by atoms with van der Waals surface area (Å²) >= 11 is 0. The van der Waals surface area contributed by atoms with Gasteiger partial charge in [-0.25, -0.2) is 0 Å². The fraction of sp³-hybridized carbons (Fsp3) is 0.750. The van der Waals surface area contributed by atoms with Gasteiger partial charge in [0.15, 0.2) is 0 Å². The van der Waals surface area contributed by atoms with E-state index >= 15 is 0 Å². The van der Waals surface area contributed by atoms with Crippen molar-refractivity contribution in [1.29, 1.82) is 0 Å². The fourth-order valence-electron chi connectivity index (χ4n) is 0.800. The van der Waals surface area contributed by atoms with Crippen molar-refractivity contribution in [1.82, 2.24) is 5.32 Å². The van der Waals surface area contributed by atoms with Crippen LogP contribution in [-0.2, 0) is 9.59 Å². The first-order valence-corrected chi connectivity index (χ1v) is 4.33. The molecule has 1 amide bonds. The van der Waals surface area contributed by atoms with Crippen molar-refractivity contribution in [2.24, 2.45) is 5.73 Å². The minimum atomic E-state index is -1.06. The number of amides is 1. The molecule has 5 nitrogen and oxygen atoms in total. The second-order valence-corrected chi connectivity index (χ2v) is 2.85. The topological polar surface area (TPSA) is 92.4 Å². The number of rotatable bonds is 6. The second kappa shape index (κ2) is 6.42. The van der Waals surface area contributed by atoms with Crippen molar-refractivity contribution in [3.63, 3.8) is 0 Å². The Bertz CT molecular complexity index is 182. The molecule has 0 aliphatic heterocycles. The van der Waals surface area contributed by atoms with E-state index in [2.05, 4.69) is 5.32 Å². The Morgan fingerprint density at radius 1 is 1.54 bits per heavy atom. The highest BCUT2D eigenvalue weighted by Crippen LogP contribution is 1.89. The van der Waals surface area contributed by atoms with Crippen molar-refractivity contribution in [3.05, 3.63) is 0 Å². The van der Waals surface area contributed by atoms with E-state index in [4.69, 9.17) is 10.8 Å². The van der Waals surface area contributed by atoms with Gasteiger partial charge in [-0.1, -0.05) is 13.3 Å². The van der Waals surface area contributed by atoms with E-state index in [1.54, 1.807) is 0 Å². The van der Waals surface area contributed by atoms with Crippen LogP contribution < -0.4 is 11.1 Å². The third-order valence-electron chi connectivity index (χ3n) is 1.56. The zero-order valence-corrected chi connectivity index (χ0v) is 7.75. The van der Waals surface area contributed by atoms with Crippen molar-refractivity contribution in [2.75, 3.05) is 6.54 Å². The minimum Gasteiger partial charge on any atom is -0.481 e. The molecule has 0 unspecified atom stereocenters. The van der Waals surface area contributed by atoms with Gasteiger partial charge in [-0.05, 0) is 6.42 Å². The fourth-order valence-corrected chi connectivity index (χ4v) is 0.800. The monoisotopic (exact) mass is 188 g/mol. The molecule has 0 aliphatic carbocycles. The van der Waals surface area contributed by atoms with Crippen LogP contribution in [0.1, 0.15) is 26.2 Å². The number of hydrogen-bond donors (Lipinski definition) is 3. The number of nitrogens with two attached hydrogens (primary N) is 1. The molecule has 0 fully saturated rings. The summed E-state index contributed by atoms with van der Waals surface area (Å²) in [5.74, 6) is -1.45. The highest BCUT2D eigenvalue weighted by molar-refractivity contribution is 5.85. The Hall–Kier alpha value is -1.10. The van der Waals surface area contributed by atoms with Crippen LogP contribution in [-0.4, -0.2) is 29.6 Å². The lowest BCUT2D eigenvalue weighted by molar-refractivity contribution is -0.139. The van der Waals surface area contributed by atoms with Crippen molar-refractivity contribution < 1.29 is 14.7 Å². The summed E-state index contributed by atoms with van der Waals surface area (Å²) in [5, 5.41) is 10.9. The van der Waals surface area contributed by atoms with Crippen LogP contribution in [0.5, 0.6) is 0 Å². The zero-order valence-electron chi connectivity index (χ0n) is 7.75. The molecule has 0 aromatic heterocycles. The number of carboxylic acids is 1. The van der Waals surface area contributed by atoms with Crippen LogP contribution >= 0.6 is 0 Å². The molecule has 0 saturated heterocycles. The molecule has 0 aromatic rings. The summed E-state index contributed by atoms with van der Waals surface area (Å²) in [4.78, 5) is 21.2. The molecule has 76 valence electrons. The molecule has 4 N–H and O–H groups in total. The Balaban J connectivity index is 3.63. The van der Waals surface area contributed by atoms with Gasteiger partial charge < -0.3 is 16.2 Å². The van der Waals surface area contributed by atoms with Crippen LogP contribution in [0.3, 0.4) is 0 Å². The smallest absolute Gasteiger partial charge is 0.305 e. The molecule has 0 heterocycles. The summed E-state index contributed by atoms with van der Waals surface area (Å²) in [5.41, 5.74) is 5.31. The summed E-state index contributed by atoms with van der Waals surface area (Å²) in [6, 6.07) is -0.936. The van der Waals surface area contributed by atoms with Gasteiger partial charge in [0, 0.05) is 6.54 Å². The Labute approximate surface area is 77.3 Å². The molecule has 0 aromatic carbocycles. The maximum atomic E-state index is 11.1. The summed E-state index contributed by atoms with van der Waals surface area (Å²) in [6.07, 6.45) is 1.54. The lowest BCUT2D eigenvalue weighted by Gasteiger charge is -2.09. The maximum absolute atomic E-state index is 11.1. The highest BCUT2D eigenvalue weighted by atomic mass is 16.4. The molecule has 0 saturated carbocycles. The largest absolute Gasteiger partial charge is 0.481 e. The van der Waals surface area contributed by atoms with Gasteiger partial charge in [-0.3, -0.25) is 9.59 Å². The molecular weight excluding hydrogens is 172 g/mol. The van der Waals surface area contributed by atoms with Crippen LogP contribution in [0, 0.1) is 0 Å². The Morgan fingerprint density at radius 3 is 2.62 bits per heavy atom. The number of carbonyl (C=O) groups is 2. The van der Waals surface area contributed by atoms with Gasteiger partial charge in [-0.15, -0.1) is 0 Å². The van der Waals surface area contributed by atoms with Crippen LogP contribution in [0.4, 0.5) is 0 Å². The lowest BCUT2D eigenvalue weighted by atomic mass is 10.2. The SMILES string of the molecule is CCCCNC(=O)[C@@H](N)CC(=O)O. The number of nitrogens with one attached hydrogen (secondary N) is 1. The average Bonchev–Trinajstić information content (AvgIpc) is 2.03. The van der Waals surface area contributed by atoms with Gasteiger partial charge in [0.1, 0.15) is 0 Å². The third-order valence-corrected chi connectivity index (χ3v) is 1.56. The van der Waals surface area contributed by atoms with E-state index in [1.165, 1.54) is 0 Å². The molecule has 0 rings (SSSR count). The molecule has 0 radical (unpaired) electrons. The molecule has 0 bridgehead atoms. The molecular formula is C8H16N2O3. The number of carbonyl (C=O) groups excluding carboxylic acids is 1. The summed E-state index contributed by atoms with van der Waals surface area (Å²) < 4.78 is 0. The second-order valence-electron chi connectivity index (χ2n) is 2.85. The predicted molar refractivity (Wildman–Crippen MR) is 48.1 cm³/mol. The first kappa shape index (κ1) is 11.9. The predicted octanol–water partition coefficient (Wildman–Crippen LogP) is -0.295. The van der Waals surface area contributed by atoms with Crippen LogP contribution in [0.25, 0.3) is 0 Å². The highest BCUT2D eigenvalue weighted by Gasteiger charge is 2.15. The number of unbranched alkanes of at least 4 members (excludes halogenated alkanes) is 1. The standard InChI is InChI=1S/C8H16N2O3/c1-2-3-4-10-8(13)6(9)5-7(11)12/h6H,2-5,9H2,1H3,(H,10,13)(H,11,12)/t6-/m0/s1. The van der Waals surface area contributed by atoms with E-state index in [0.717, 1.165) is 12.8 Å². The maximum Gasteiger partial charge on any atom is 0.305 e. The third kappa shape index (κ3) is 6.10. The summed E-state index contributed by atoms with van der Waals surface area (Å²) in [7, 11) is 0. The van der Waals surface area contributed by atoms with Gasteiger partial charge in [0.2, 0.25) is 5.91 Å². The Morgan fingerprint density at radius 2 is 2.15 bits per heavy atom. The van der Waals surface area contributed by atoms with Gasteiger partial charge in [0.05, 0.1) is 12.5 Å². The number of hydrogen-bond acceptors (Lipinski definition) is 3. The van der Waals surface area contributed by atoms with Crippen molar-refractivity contribution in [2.45, 2.75) is 32.2 Å². The number of aliphatic carboxylic acids is 1. The van der Waals surface area contributed by atoms with E-state index in [1.807, 2.05) is 6.92 Å². The zero-order chi connectivity index (χ0) is 10.3. The molecule has 13 heavy (non-hydrogen) atoms. The van der Waals surface area contributed by atoms with Crippen molar-refractivity contribution in [3.8, 4) is 0 Å². The number of carboxylic acid groups (broad SMARTS) is 1. The first-order valence-electron chi connectivity index (χ1n) is 4.33. The first-order chi connectivity index (χ1) is 6.07. The van der Waals surface area contributed by atoms with E-state index < -0.39 is 17.9 Å². The molecule has 0 spiro atoms. The summed E-state index contributed by atoms with van der Waals surface area (Å²) in [6.45, 7) is 2.56. The molecule has 5 heteroatoms. The van der Waals surface area contributed by atoms with E-state index in [0.29, 0.717) is 6.54 Å². The van der Waals surface area contributed by atoms with Gasteiger partial charge in [0.25, 0.3) is 0 Å². The normalized spacial score (nSPS) is 12.2. The average molecular weight is 188 g/mol.